The second-order valence-corrected chi connectivity index (χ2v) is 10.6. The van der Waals surface area contributed by atoms with Crippen molar-refractivity contribution in [1.82, 2.24) is 39.3 Å². The fourth-order valence-electron chi connectivity index (χ4n) is 5.14. The zero-order chi connectivity index (χ0) is 29.1. The SMILES string of the molecule is CCCCOc1nc(N)c2[nH]c(=O)n(CCCN(CCCN3CCOCC3)Cc3ccc(-c4ncccn4)cc3)c2n1. The molecule has 1 aliphatic heterocycles. The predicted octanol–water partition coefficient (Wildman–Crippen LogP) is 2.95. The van der Waals surface area contributed by atoms with E-state index in [0.717, 1.165) is 89.6 Å². The minimum Gasteiger partial charge on any atom is -0.463 e. The molecule has 0 atom stereocenters. The van der Waals surface area contributed by atoms with Gasteiger partial charge in [0.25, 0.3) is 0 Å². The highest BCUT2D eigenvalue weighted by Gasteiger charge is 2.16. The van der Waals surface area contributed by atoms with Crippen molar-refractivity contribution in [2.24, 2.45) is 0 Å². The molecule has 42 heavy (non-hydrogen) atoms. The van der Waals surface area contributed by atoms with E-state index < -0.39 is 0 Å². The average Bonchev–Trinajstić information content (AvgIpc) is 3.34. The minimum absolute atomic E-state index is 0.204. The number of rotatable bonds is 15. The van der Waals surface area contributed by atoms with Crippen LogP contribution in [0.4, 0.5) is 5.82 Å². The molecule has 1 saturated heterocycles. The first-order valence-corrected chi connectivity index (χ1v) is 14.9. The summed E-state index contributed by atoms with van der Waals surface area (Å²) in [5, 5.41) is 0. The topological polar surface area (TPSA) is 140 Å². The highest BCUT2D eigenvalue weighted by atomic mass is 16.5. The van der Waals surface area contributed by atoms with Crippen molar-refractivity contribution < 1.29 is 9.47 Å². The van der Waals surface area contributed by atoms with Gasteiger partial charge in [-0.25, -0.2) is 14.8 Å². The molecule has 1 fully saturated rings. The van der Waals surface area contributed by atoms with Crippen molar-refractivity contribution in [3.63, 3.8) is 0 Å². The molecular weight excluding hydrogens is 534 g/mol. The molecule has 5 rings (SSSR count). The molecule has 12 heteroatoms. The third-order valence-corrected chi connectivity index (χ3v) is 7.45. The van der Waals surface area contributed by atoms with Crippen molar-refractivity contribution in [1.29, 1.82) is 0 Å². The summed E-state index contributed by atoms with van der Waals surface area (Å²) >= 11 is 0. The molecule has 0 unspecified atom stereocenters. The van der Waals surface area contributed by atoms with E-state index in [2.05, 4.69) is 65.9 Å². The van der Waals surface area contributed by atoms with Gasteiger partial charge in [-0.15, -0.1) is 0 Å². The van der Waals surface area contributed by atoms with Crippen molar-refractivity contribution in [2.75, 3.05) is 58.3 Å². The number of benzene rings is 1. The molecule has 0 radical (unpaired) electrons. The summed E-state index contributed by atoms with van der Waals surface area (Å²) in [5.74, 6) is 0.940. The summed E-state index contributed by atoms with van der Waals surface area (Å²) in [6.07, 6.45) is 7.24. The molecule has 1 aliphatic rings. The molecule has 0 spiro atoms. The lowest BCUT2D eigenvalue weighted by Gasteiger charge is -2.28. The molecule has 0 saturated carbocycles. The lowest BCUT2D eigenvalue weighted by atomic mass is 10.1. The van der Waals surface area contributed by atoms with E-state index >= 15 is 0 Å². The molecular formula is C30H41N9O3. The normalized spacial score (nSPS) is 14.1. The molecule has 4 heterocycles. The first-order chi connectivity index (χ1) is 20.6. The van der Waals surface area contributed by atoms with E-state index in [4.69, 9.17) is 15.2 Å². The molecule has 12 nitrogen and oxygen atoms in total. The van der Waals surface area contributed by atoms with E-state index in [1.54, 1.807) is 17.0 Å². The first-order valence-electron chi connectivity index (χ1n) is 14.9. The number of morpholine rings is 1. The largest absolute Gasteiger partial charge is 0.463 e. The van der Waals surface area contributed by atoms with Crippen molar-refractivity contribution >= 4 is 17.0 Å². The number of aromatic amines is 1. The Labute approximate surface area is 245 Å². The number of fused-ring (bicyclic) bond motifs is 1. The summed E-state index contributed by atoms with van der Waals surface area (Å²) in [7, 11) is 0. The molecule has 3 aromatic heterocycles. The van der Waals surface area contributed by atoms with Crippen molar-refractivity contribution in [3.05, 3.63) is 58.8 Å². The van der Waals surface area contributed by atoms with Crippen LogP contribution < -0.4 is 16.2 Å². The van der Waals surface area contributed by atoms with E-state index in [1.165, 1.54) is 5.56 Å². The maximum atomic E-state index is 12.8. The molecule has 0 amide bonds. The Balaban J connectivity index is 1.24. The van der Waals surface area contributed by atoms with E-state index in [0.29, 0.717) is 24.3 Å². The van der Waals surface area contributed by atoms with Gasteiger partial charge in [-0.1, -0.05) is 37.6 Å². The number of unbranched alkanes of at least 4 members (excludes halogenated alkanes) is 1. The van der Waals surface area contributed by atoms with Gasteiger partial charge in [0.1, 0.15) is 5.52 Å². The highest BCUT2D eigenvalue weighted by Crippen LogP contribution is 2.19. The highest BCUT2D eigenvalue weighted by molar-refractivity contribution is 5.81. The van der Waals surface area contributed by atoms with Crippen LogP contribution in [0.5, 0.6) is 6.01 Å². The summed E-state index contributed by atoms with van der Waals surface area (Å²) < 4.78 is 12.8. The third-order valence-electron chi connectivity index (χ3n) is 7.45. The van der Waals surface area contributed by atoms with Crippen LogP contribution in [0.1, 0.15) is 38.2 Å². The lowest BCUT2D eigenvalue weighted by molar-refractivity contribution is 0.0359. The Hall–Kier alpha value is -3.87. The third kappa shape index (κ3) is 7.90. The van der Waals surface area contributed by atoms with E-state index in [9.17, 15) is 4.79 Å². The van der Waals surface area contributed by atoms with Crippen molar-refractivity contribution in [2.45, 2.75) is 45.7 Å². The number of H-pyrrole nitrogens is 1. The number of imidazole rings is 1. The second kappa shape index (κ2) is 14.9. The van der Waals surface area contributed by atoms with Gasteiger partial charge in [0.2, 0.25) is 0 Å². The number of nitrogens with one attached hydrogen (secondary N) is 1. The Morgan fingerprint density at radius 2 is 1.76 bits per heavy atom. The maximum Gasteiger partial charge on any atom is 0.327 e. The standard InChI is InChI=1S/C30H41N9O3/c1-2-3-19-42-29-35-26(31)25-28(36-29)39(30(40)34-25)16-6-15-38(14-5-13-37-17-20-41-21-18-37)22-23-7-9-24(10-8-23)27-32-11-4-12-33-27/h4,7-12H,2-3,5-6,13-22H2,1H3,(H,34,40)(H2,31,35,36). The summed E-state index contributed by atoms with van der Waals surface area (Å²) in [6, 6.07) is 10.5. The number of nitrogens with zero attached hydrogens (tertiary/aromatic N) is 7. The average molecular weight is 576 g/mol. The smallest absolute Gasteiger partial charge is 0.327 e. The number of nitrogens with two attached hydrogens (primary N) is 1. The quantitative estimate of drug-likeness (QED) is 0.203. The number of ether oxygens (including phenoxy) is 2. The number of hydrogen-bond donors (Lipinski definition) is 2. The Bertz CT molecular complexity index is 1450. The van der Waals surface area contributed by atoms with Gasteiger partial charge in [-0.05, 0) is 44.0 Å². The minimum atomic E-state index is -0.241. The summed E-state index contributed by atoms with van der Waals surface area (Å²) in [5.41, 5.74) is 9.04. The van der Waals surface area contributed by atoms with Gasteiger partial charge in [0.15, 0.2) is 17.3 Å². The molecule has 224 valence electrons. The fraction of sp³-hybridized carbons (Fsp3) is 0.500. The van der Waals surface area contributed by atoms with E-state index in [-0.39, 0.29) is 17.5 Å². The Kier molecular flexibility index (Phi) is 10.5. The number of nitrogen functional groups attached to an aromatic ring is 1. The van der Waals surface area contributed by atoms with Crippen LogP contribution in [0.3, 0.4) is 0 Å². The van der Waals surface area contributed by atoms with Gasteiger partial charge >= 0.3 is 11.7 Å². The van der Waals surface area contributed by atoms with Crippen LogP contribution >= 0.6 is 0 Å². The molecule has 4 aromatic rings. The second-order valence-electron chi connectivity index (χ2n) is 10.6. The number of hydrogen-bond acceptors (Lipinski definition) is 10. The molecule has 3 N–H and O–H groups in total. The Morgan fingerprint density at radius 1 is 1.02 bits per heavy atom. The van der Waals surface area contributed by atoms with Crippen LogP contribution in [0.2, 0.25) is 0 Å². The maximum absolute atomic E-state index is 12.8. The molecule has 0 aliphatic carbocycles. The molecule has 1 aromatic carbocycles. The van der Waals surface area contributed by atoms with Crippen LogP contribution in [0.25, 0.3) is 22.6 Å². The Morgan fingerprint density at radius 3 is 2.50 bits per heavy atom. The van der Waals surface area contributed by atoms with Crippen molar-refractivity contribution in [3.8, 4) is 17.4 Å². The van der Waals surface area contributed by atoms with Gasteiger partial charge in [0, 0.05) is 50.7 Å². The van der Waals surface area contributed by atoms with Crippen LogP contribution in [-0.2, 0) is 17.8 Å². The molecule has 0 bridgehead atoms. The zero-order valence-corrected chi connectivity index (χ0v) is 24.4. The number of aromatic nitrogens is 6. The van der Waals surface area contributed by atoms with Gasteiger partial charge in [0.05, 0.1) is 19.8 Å². The fourth-order valence-corrected chi connectivity index (χ4v) is 5.14. The predicted molar refractivity (Wildman–Crippen MR) is 162 cm³/mol. The van der Waals surface area contributed by atoms with Gasteiger partial charge in [-0.3, -0.25) is 14.4 Å². The van der Waals surface area contributed by atoms with Gasteiger partial charge in [-0.2, -0.15) is 9.97 Å². The zero-order valence-electron chi connectivity index (χ0n) is 24.4. The van der Waals surface area contributed by atoms with Gasteiger partial charge < -0.3 is 20.2 Å². The number of aryl methyl sites for hydroxylation is 1. The lowest BCUT2D eigenvalue weighted by Crippen LogP contribution is -2.38. The van der Waals surface area contributed by atoms with Crippen LogP contribution in [0, 0.1) is 0 Å². The summed E-state index contributed by atoms with van der Waals surface area (Å²) in [6.45, 7) is 10.3. The monoisotopic (exact) mass is 575 g/mol. The van der Waals surface area contributed by atoms with Crippen LogP contribution in [0.15, 0.2) is 47.5 Å². The number of anilines is 1. The first kappa shape index (κ1) is 29.6. The summed E-state index contributed by atoms with van der Waals surface area (Å²) in [4.78, 5) is 38.0. The van der Waals surface area contributed by atoms with Crippen LogP contribution in [-0.4, -0.2) is 91.8 Å². The van der Waals surface area contributed by atoms with E-state index in [1.807, 2.05) is 6.07 Å².